The van der Waals surface area contributed by atoms with Crippen LogP contribution in [0.3, 0.4) is 0 Å². The molecule has 3 heteroatoms. The van der Waals surface area contributed by atoms with Gasteiger partial charge in [-0.15, -0.1) is 0 Å². The smallest absolute Gasteiger partial charge is 0.152 e. The Hall–Kier alpha value is -1.38. The minimum atomic E-state index is -0.381. The molecule has 0 spiro atoms. The van der Waals surface area contributed by atoms with Gasteiger partial charge in [-0.1, -0.05) is 0 Å². The van der Waals surface area contributed by atoms with E-state index in [1.807, 2.05) is 25.8 Å². The number of carbonyl (C=O) groups excluding carboxylic acids is 1. The first kappa shape index (κ1) is 10.7. The predicted molar refractivity (Wildman–Crippen MR) is 55.3 cm³/mol. The van der Waals surface area contributed by atoms with Crippen LogP contribution in [0.2, 0.25) is 0 Å². The molecule has 0 bridgehead atoms. The van der Waals surface area contributed by atoms with Crippen LogP contribution in [0, 0.1) is 5.82 Å². The molecule has 0 unspecified atom stereocenters. The molecule has 0 amide bonds. The molecule has 2 nitrogen and oxygen atoms in total. The van der Waals surface area contributed by atoms with Gasteiger partial charge in [-0.25, -0.2) is 4.39 Å². The SMILES string of the molecule is CC(C)N(C)c1ccc(F)cc1C=O. The highest BCUT2D eigenvalue weighted by Crippen LogP contribution is 2.20. The first-order valence-electron chi connectivity index (χ1n) is 4.54. The van der Waals surface area contributed by atoms with Crippen LogP contribution in [-0.4, -0.2) is 19.4 Å². The van der Waals surface area contributed by atoms with Crippen LogP contribution < -0.4 is 4.90 Å². The van der Waals surface area contributed by atoms with E-state index in [1.165, 1.54) is 12.1 Å². The van der Waals surface area contributed by atoms with Crippen LogP contribution in [0.15, 0.2) is 18.2 Å². The zero-order chi connectivity index (χ0) is 10.7. The third kappa shape index (κ3) is 2.10. The number of hydrogen-bond acceptors (Lipinski definition) is 2. The fourth-order valence-electron chi connectivity index (χ4n) is 1.22. The summed E-state index contributed by atoms with van der Waals surface area (Å²) < 4.78 is 12.8. The zero-order valence-corrected chi connectivity index (χ0v) is 8.62. The van der Waals surface area contributed by atoms with Gasteiger partial charge in [0.15, 0.2) is 6.29 Å². The molecule has 0 aromatic heterocycles. The van der Waals surface area contributed by atoms with Gasteiger partial charge in [-0.05, 0) is 32.0 Å². The zero-order valence-electron chi connectivity index (χ0n) is 8.62. The van der Waals surface area contributed by atoms with Gasteiger partial charge in [0, 0.05) is 24.3 Å². The summed E-state index contributed by atoms with van der Waals surface area (Å²) in [5.74, 6) is -0.381. The number of hydrogen-bond donors (Lipinski definition) is 0. The number of benzene rings is 1. The Morgan fingerprint density at radius 2 is 2.07 bits per heavy atom. The van der Waals surface area contributed by atoms with Crippen LogP contribution in [0.5, 0.6) is 0 Å². The molecule has 76 valence electrons. The summed E-state index contributed by atoms with van der Waals surface area (Å²) in [7, 11) is 1.88. The second-order valence-corrected chi connectivity index (χ2v) is 3.53. The number of aldehydes is 1. The summed E-state index contributed by atoms with van der Waals surface area (Å²) in [4.78, 5) is 12.6. The standard InChI is InChI=1S/C11H14FNO/c1-8(2)13(3)11-5-4-10(12)6-9(11)7-14/h4-8H,1-3H3. The maximum atomic E-state index is 12.8. The number of carbonyl (C=O) groups is 1. The van der Waals surface area contributed by atoms with Crippen molar-refractivity contribution in [2.45, 2.75) is 19.9 Å². The molecule has 0 atom stereocenters. The van der Waals surface area contributed by atoms with Gasteiger partial charge in [0.1, 0.15) is 5.82 Å². The summed E-state index contributed by atoms with van der Waals surface area (Å²) in [6.07, 6.45) is 0.678. The second-order valence-electron chi connectivity index (χ2n) is 3.53. The van der Waals surface area contributed by atoms with E-state index < -0.39 is 0 Å². The molecular formula is C11H14FNO. The van der Waals surface area contributed by atoms with Crippen molar-refractivity contribution in [3.05, 3.63) is 29.6 Å². The van der Waals surface area contributed by atoms with Gasteiger partial charge >= 0.3 is 0 Å². The Morgan fingerprint density at radius 3 is 2.57 bits per heavy atom. The van der Waals surface area contributed by atoms with E-state index in [2.05, 4.69) is 0 Å². The maximum Gasteiger partial charge on any atom is 0.152 e. The highest BCUT2D eigenvalue weighted by molar-refractivity contribution is 5.84. The van der Waals surface area contributed by atoms with E-state index in [9.17, 15) is 9.18 Å². The number of halogens is 1. The molecule has 0 aliphatic heterocycles. The third-order valence-corrected chi connectivity index (χ3v) is 2.27. The monoisotopic (exact) mass is 195 g/mol. The third-order valence-electron chi connectivity index (χ3n) is 2.27. The number of rotatable bonds is 3. The van der Waals surface area contributed by atoms with E-state index >= 15 is 0 Å². The molecule has 0 aliphatic rings. The Morgan fingerprint density at radius 1 is 1.43 bits per heavy atom. The van der Waals surface area contributed by atoms with Crippen LogP contribution >= 0.6 is 0 Å². The molecule has 0 radical (unpaired) electrons. The van der Waals surface area contributed by atoms with E-state index in [1.54, 1.807) is 6.07 Å². The molecular weight excluding hydrogens is 181 g/mol. The van der Waals surface area contributed by atoms with Gasteiger partial charge < -0.3 is 4.90 Å². The van der Waals surface area contributed by atoms with Gasteiger partial charge in [0.05, 0.1) is 0 Å². The minimum absolute atomic E-state index is 0.277. The summed E-state index contributed by atoms with van der Waals surface area (Å²) in [6, 6.07) is 4.51. The molecule has 1 aromatic rings. The molecule has 0 saturated carbocycles. The number of nitrogens with zero attached hydrogens (tertiary/aromatic N) is 1. The Bertz CT molecular complexity index is 336. The quantitative estimate of drug-likeness (QED) is 0.690. The summed E-state index contributed by atoms with van der Waals surface area (Å²) >= 11 is 0. The maximum absolute atomic E-state index is 12.8. The topological polar surface area (TPSA) is 20.3 Å². The fourth-order valence-corrected chi connectivity index (χ4v) is 1.22. The van der Waals surface area contributed by atoms with Crippen molar-refractivity contribution < 1.29 is 9.18 Å². The summed E-state index contributed by atoms with van der Waals surface area (Å²) in [5, 5.41) is 0. The second kappa shape index (κ2) is 4.22. The number of anilines is 1. The molecule has 1 aromatic carbocycles. The van der Waals surface area contributed by atoms with Crippen molar-refractivity contribution in [2.24, 2.45) is 0 Å². The van der Waals surface area contributed by atoms with Crippen molar-refractivity contribution in [3.8, 4) is 0 Å². The predicted octanol–water partition coefficient (Wildman–Crippen LogP) is 2.48. The van der Waals surface area contributed by atoms with Crippen LogP contribution in [0.25, 0.3) is 0 Å². The van der Waals surface area contributed by atoms with Crippen molar-refractivity contribution in [1.82, 2.24) is 0 Å². The van der Waals surface area contributed by atoms with Gasteiger partial charge in [0.25, 0.3) is 0 Å². The Labute approximate surface area is 83.3 Å². The molecule has 1 rings (SSSR count). The highest BCUT2D eigenvalue weighted by atomic mass is 19.1. The minimum Gasteiger partial charge on any atom is -0.372 e. The van der Waals surface area contributed by atoms with Crippen LogP contribution in [0.1, 0.15) is 24.2 Å². The lowest BCUT2D eigenvalue weighted by molar-refractivity contribution is 0.112. The van der Waals surface area contributed by atoms with Crippen LogP contribution in [-0.2, 0) is 0 Å². The average molecular weight is 195 g/mol. The van der Waals surface area contributed by atoms with Gasteiger partial charge in [-0.3, -0.25) is 4.79 Å². The van der Waals surface area contributed by atoms with Crippen molar-refractivity contribution in [3.63, 3.8) is 0 Å². The highest BCUT2D eigenvalue weighted by Gasteiger charge is 2.10. The molecule has 0 aliphatic carbocycles. The molecule has 14 heavy (non-hydrogen) atoms. The van der Waals surface area contributed by atoms with E-state index in [0.29, 0.717) is 11.8 Å². The van der Waals surface area contributed by atoms with Crippen LogP contribution in [0.4, 0.5) is 10.1 Å². The van der Waals surface area contributed by atoms with Crippen molar-refractivity contribution in [2.75, 3.05) is 11.9 Å². The van der Waals surface area contributed by atoms with E-state index in [0.717, 1.165) is 5.69 Å². The first-order valence-corrected chi connectivity index (χ1v) is 4.54. The molecule has 0 heterocycles. The first-order chi connectivity index (χ1) is 6.56. The Kier molecular flexibility index (Phi) is 3.23. The average Bonchev–Trinajstić information content (AvgIpc) is 2.16. The molecule has 0 saturated heterocycles. The van der Waals surface area contributed by atoms with E-state index in [4.69, 9.17) is 0 Å². The fraction of sp³-hybridized carbons (Fsp3) is 0.364. The van der Waals surface area contributed by atoms with Crippen molar-refractivity contribution in [1.29, 1.82) is 0 Å². The molecule has 0 fully saturated rings. The van der Waals surface area contributed by atoms with Gasteiger partial charge in [0.2, 0.25) is 0 Å². The normalized spacial score (nSPS) is 10.4. The van der Waals surface area contributed by atoms with Crippen molar-refractivity contribution >= 4 is 12.0 Å². The lowest BCUT2D eigenvalue weighted by Crippen LogP contribution is -2.26. The van der Waals surface area contributed by atoms with Gasteiger partial charge in [-0.2, -0.15) is 0 Å². The lowest BCUT2D eigenvalue weighted by atomic mass is 10.1. The summed E-state index contributed by atoms with van der Waals surface area (Å²) in [6.45, 7) is 4.02. The van der Waals surface area contributed by atoms with E-state index in [-0.39, 0.29) is 11.9 Å². The Balaban J connectivity index is 3.13. The lowest BCUT2D eigenvalue weighted by Gasteiger charge is -2.25. The summed E-state index contributed by atoms with van der Waals surface area (Å²) in [5.41, 5.74) is 1.15. The molecule has 0 N–H and O–H groups in total. The largest absolute Gasteiger partial charge is 0.372 e.